The van der Waals surface area contributed by atoms with Crippen LogP contribution in [0, 0.1) is 6.92 Å². The second kappa shape index (κ2) is 4.38. The Morgan fingerprint density at radius 1 is 1.29 bits per heavy atom. The van der Waals surface area contributed by atoms with Crippen molar-refractivity contribution < 1.29 is 15.0 Å². The molecule has 2 aromatic rings. The second-order valence-corrected chi connectivity index (χ2v) is 4.43. The highest BCUT2D eigenvalue weighted by atomic mass is 32.1. The van der Waals surface area contributed by atoms with Crippen LogP contribution < -0.4 is 5.32 Å². The van der Waals surface area contributed by atoms with Gasteiger partial charge in [0.25, 0.3) is 5.91 Å². The van der Waals surface area contributed by atoms with Crippen molar-refractivity contribution in [1.29, 1.82) is 0 Å². The molecule has 1 amide bonds. The van der Waals surface area contributed by atoms with Crippen molar-refractivity contribution in [3.05, 3.63) is 28.8 Å². The summed E-state index contributed by atoms with van der Waals surface area (Å²) in [4.78, 5) is 11.8. The van der Waals surface area contributed by atoms with Gasteiger partial charge in [-0.2, -0.15) is 0 Å². The molecule has 17 heavy (non-hydrogen) atoms. The molecule has 1 aromatic heterocycles. The van der Waals surface area contributed by atoms with E-state index in [4.69, 9.17) is 0 Å². The number of aryl methyl sites for hydroxylation is 1. The first-order valence-electron chi connectivity index (χ1n) is 4.70. The summed E-state index contributed by atoms with van der Waals surface area (Å²) < 4.78 is 0. The van der Waals surface area contributed by atoms with E-state index in [1.54, 1.807) is 6.92 Å². The maximum atomic E-state index is 11.8. The Balaban J connectivity index is 2.26. The Bertz CT molecular complexity index is 547. The highest BCUT2D eigenvalue weighted by Crippen LogP contribution is 2.27. The van der Waals surface area contributed by atoms with Gasteiger partial charge in [-0.25, -0.2) is 0 Å². The second-order valence-electron chi connectivity index (χ2n) is 3.25. The number of phenols is 2. The molecule has 0 unspecified atom stereocenters. The van der Waals surface area contributed by atoms with Crippen molar-refractivity contribution in [1.82, 2.24) is 10.2 Å². The molecule has 0 saturated heterocycles. The van der Waals surface area contributed by atoms with Gasteiger partial charge >= 0.3 is 0 Å². The maximum Gasteiger partial charge on any atom is 0.265 e. The number of phenolic OH excluding ortho intramolecular Hbond substituents is 2. The van der Waals surface area contributed by atoms with Crippen LogP contribution in [0.25, 0.3) is 0 Å². The van der Waals surface area contributed by atoms with E-state index in [2.05, 4.69) is 15.5 Å². The molecular formula is C10H9N3O3S. The fraction of sp³-hybridized carbons (Fsp3) is 0.100. The SMILES string of the molecule is Cc1nnc(NC(=O)c2c(O)cccc2O)s1. The van der Waals surface area contributed by atoms with Gasteiger partial charge in [0.15, 0.2) is 0 Å². The van der Waals surface area contributed by atoms with Gasteiger partial charge in [0, 0.05) is 0 Å². The van der Waals surface area contributed by atoms with E-state index < -0.39 is 5.91 Å². The summed E-state index contributed by atoms with van der Waals surface area (Å²) in [5.41, 5.74) is -0.180. The third-order valence-electron chi connectivity index (χ3n) is 1.99. The Hall–Kier alpha value is -2.15. The first-order valence-corrected chi connectivity index (χ1v) is 5.52. The molecule has 7 heteroatoms. The predicted molar refractivity (Wildman–Crippen MR) is 62.4 cm³/mol. The van der Waals surface area contributed by atoms with E-state index in [1.807, 2.05) is 0 Å². The van der Waals surface area contributed by atoms with Gasteiger partial charge in [0.2, 0.25) is 5.13 Å². The van der Waals surface area contributed by atoms with E-state index in [0.717, 1.165) is 0 Å². The normalized spacial score (nSPS) is 10.2. The van der Waals surface area contributed by atoms with Crippen molar-refractivity contribution >= 4 is 22.4 Å². The van der Waals surface area contributed by atoms with Crippen LogP contribution in [0.15, 0.2) is 18.2 Å². The lowest BCUT2D eigenvalue weighted by Gasteiger charge is -2.05. The van der Waals surface area contributed by atoms with Crippen LogP contribution in [0.3, 0.4) is 0 Å². The Labute approximate surface area is 101 Å². The highest BCUT2D eigenvalue weighted by Gasteiger charge is 2.17. The lowest BCUT2D eigenvalue weighted by Crippen LogP contribution is -2.12. The molecule has 88 valence electrons. The fourth-order valence-electron chi connectivity index (χ4n) is 1.27. The number of hydrogen-bond acceptors (Lipinski definition) is 6. The maximum absolute atomic E-state index is 11.8. The molecule has 0 fully saturated rings. The Kier molecular flexibility index (Phi) is 2.92. The summed E-state index contributed by atoms with van der Waals surface area (Å²) in [6.07, 6.45) is 0. The summed E-state index contributed by atoms with van der Waals surface area (Å²) >= 11 is 1.21. The van der Waals surface area contributed by atoms with Crippen LogP contribution in [0.4, 0.5) is 5.13 Å². The first-order chi connectivity index (χ1) is 8.08. The topological polar surface area (TPSA) is 95.3 Å². The van der Waals surface area contributed by atoms with Crippen molar-refractivity contribution in [2.24, 2.45) is 0 Å². The van der Waals surface area contributed by atoms with Crippen LogP contribution in [-0.2, 0) is 0 Å². The number of aromatic hydroxyl groups is 2. The molecule has 0 aliphatic heterocycles. The van der Waals surface area contributed by atoms with Crippen molar-refractivity contribution in [3.8, 4) is 11.5 Å². The van der Waals surface area contributed by atoms with Crippen molar-refractivity contribution in [2.45, 2.75) is 6.92 Å². The molecule has 3 N–H and O–H groups in total. The summed E-state index contributed by atoms with van der Waals surface area (Å²) in [6.45, 7) is 1.75. The lowest BCUT2D eigenvalue weighted by atomic mass is 10.1. The zero-order chi connectivity index (χ0) is 12.4. The number of hydrogen-bond donors (Lipinski definition) is 3. The van der Waals surface area contributed by atoms with Gasteiger partial charge < -0.3 is 10.2 Å². The number of amides is 1. The molecule has 1 heterocycles. The standard InChI is InChI=1S/C10H9N3O3S/c1-5-12-13-10(17-5)11-9(16)8-6(14)3-2-4-7(8)15/h2-4,14-15H,1H3,(H,11,13,16). The summed E-state index contributed by atoms with van der Waals surface area (Å²) in [5.74, 6) is -1.20. The van der Waals surface area contributed by atoms with Crippen molar-refractivity contribution in [3.63, 3.8) is 0 Å². The number of aromatic nitrogens is 2. The average Bonchev–Trinajstić information content (AvgIpc) is 2.63. The molecule has 0 radical (unpaired) electrons. The van der Waals surface area contributed by atoms with Crippen molar-refractivity contribution in [2.75, 3.05) is 5.32 Å². The zero-order valence-corrected chi connectivity index (χ0v) is 9.65. The molecule has 0 atom stereocenters. The quantitative estimate of drug-likeness (QED) is 0.752. The fourth-order valence-corrected chi connectivity index (χ4v) is 1.85. The number of nitrogens with zero attached hydrogens (tertiary/aromatic N) is 2. The largest absolute Gasteiger partial charge is 0.507 e. The summed E-state index contributed by atoms with van der Waals surface area (Å²) in [6, 6.07) is 4.08. The zero-order valence-electron chi connectivity index (χ0n) is 8.84. The van der Waals surface area contributed by atoms with Crippen LogP contribution >= 0.6 is 11.3 Å². The van der Waals surface area contributed by atoms with Crippen LogP contribution in [0.2, 0.25) is 0 Å². The van der Waals surface area contributed by atoms with Gasteiger partial charge in [0.05, 0.1) is 0 Å². The van der Waals surface area contributed by atoms with E-state index in [0.29, 0.717) is 10.1 Å². The van der Waals surface area contributed by atoms with Crippen LogP contribution in [0.5, 0.6) is 11.5 Å². The molecule has 6 nitrogen and oxygen atoms in total. The number of anilines is 1. The minimum Gasteiger partial charge on any atom is -0.507 e. The molecule has 0 aliphatic carbocycles. The monoisotopic (exact) mass is 251 g/mol. The molecule has 2 rings (SSSR count). The third-order valence-corrected chi connectivity index (χ3v) is 2.75. The number of nitrogens with one attached hydrogen (secondary N) is 1. The Morgan fingerprint density at radius 2 is 1.94 bits per heavy atom. The van der Waals surface area contributed by atoms with Gasteiger partial charge in [0.1, 0.15) is 22.1 Å². The van der Waals surface area contributed by atoms with Gasteiger partial charge in [-0.1, -0.05) is 17.4 Å². The van der Waals surface area contributed by atoms with E-state index in [9.17, 15) is 15.0 Å². The summed E-state index contributed by atoms with van der Waals surface area (Å²) in [5, 5.41) is 29.9. The van der Waals surface area contributed by atoms with E-state index in [1.165, 1.54) is 29.5 Å². The van der Waals surface area contributed by atoms with Crippen LogP contribution in [0.1, 0.15) is 15.4 Å². The number of carbonyl (C=O) groups is 1. The number of rotatable bonds is 2. The summed E-state index contributed by atoms with van der Waals surface area (Å²) in [7, 11) is 0. The lowest BCUT2D eigenvalue weighted by molar-refractivity contribution is 0.102. The first kappa shape index (κ1) is 11.3. The van der Waals surface area contributed by atoms with Gasteiger partial charge in [-0.05, 0) is 19.1 Å². The molecule has 1 aromatic carbocycles. The smallest absolute Gasteiger partial charge is 0.265 e. The Morgan fingerprint density at radius 3 is 2.47 bits per heavy atom. The van der Waals surface area contributed by atoms with Crippen LogP contribution in [-0.4, -0.2) is 26.3 Å². The van der Waals surface area contributed by atoms with E-state index in [-0.39, 0.29) is 17.1 Å². The number of benzene rings is 1. The molecule has 0 spiro atoms. The van der Waals surface area contributed by atoms with Gasteiger partial charge in [-0.15, -0.1) is 10.2 Å². The molecular weight excluding hydrogens is 242 g/mol. The highest BCUT2D eigenvalue weighted by molar-refractivity contribution is 7.15. The third kappa shape index (κ3) is 2.34. The van der Waals surface area contributed by atoms with Gasteiger partial charge in [-0.3, -0.25) is 10.1 Å². The average molecular weight is 251 g/mol. The molecule has 0 bridgehead atoms. The number of carbonyl (C=O) groups excluding carboxylic acids is 1. The molecule has 0 aliphatic rings. The minimum atomic E-state index is -0.628. The minimum absolute atomic E-state index is 0.180. The predicted octanol–water partition coefficient (Wildman–Crippen LogP) is 1.51. The molecule has 0 saturated carbocycles. The van der Waals surface area contributed by atoms with E-state index >= 15 is 0 Å².